The van der Waals surface area contributed by atoms with Crippen LogP contribution >= 0.6 is 0 Å². The molecule has 116 valence electrons. The van der Waals surface area contributed by atoms with Crippen molar-refractivity contribution in [1.82, 2.24) is 20.3 Å². The topological polar surface area (TPSA) is 95.1 Å². The van der Waals surface area contributed by atoms with Crippen LogP contribution in [0.15, 0.2) is 0 Å². The summed E-state index contributed by atoms with van der Waals surface area (Å²) in [5.74, 6) is 1.45. The molecule has 0 spiro atoms. The summed E-state index contributed by atoms with van der Waals surface area (Å²) in [5.41, 5.74) is 0. The van der Waals surface area contributed by atoms with Gasteiger partial charge in [0.05, 0.1) is 0 Å². The van der Waals surface area contributed by atoms with Crippen LogP contribution in [0.5, 0.6) is 0 Å². The molecule has 0 radical (unpaired) electrons. The number of anilines is 3. The minimum atomic E-state index is -0.406. The first-order valence-electron chi connectivity index (χ1n) is 7.31. The lowest BCUT2D eigenvalue weighted by Crippen LogP contribution is -2.36. The van der Waals surface area contributed by atoms with Crippen LogP contribution in [0, 0.1) is 0 Å². The monoisotopic (exact) mass is 293 g/mol. The molecule has 1 unspecified atom stereocenters. The van der Waals surface area contributed by atoms with Gasteiger partial charge in [0.15, 0.2) is 0 Å². The fourth-order valence-electron chi connectivity index (χ4n) is 2.25. The SMILES string of the molecule is CNC(=O)C(C)Nc1nc(NC)nc(N2CCCCC2)n1. The van der Waals surface area contributed by atoms with Crippen molar-refractivity contribution < 1.29 is 4.79 Å². The highest BCUT2D eigenvalue weighted by atomic mass is 16.2. The Morgan fingerprint density at radius 2 is 1.76 bits per heavy atom. The Hall–Kier alpha value is -2.12. The Balaban J connectivity index is 2.18. The minimum Gasteiger partial charge on any atom is -0.357 e. The van der Waals surface area contributed by atoms with Gasteiger partial charge >= 0.3 is 0 Å². The maximum absolute atomic E-state index is 11.6. The number of likely N-dealkylation sites (N-methyl/N-ethyl adjacent to an activating group) is 1. The number of nitrogens with zero attached hydrogens (tertiary/aromatic N) is 4. The Labute approximate surface area is 124 Å². The van der Waals surface area contributed by atoms with E-state index < -0.39 is 6.04 Å². The lowest BCUT2D eigenvalue weighted by atomic mass is 10.1. The zero-order valence-corrected chi connectivity index (χ0v) is 12.8. The molecule has 1 aliphatic heterocycles. The average Bonchev–Trinajstić information content (AvgIpc) is 2.54. The van der Waals surface area contributed by atoms with Gasteiger partial charge in [0, 0.05) is 27.2 Å². The van der Waals surface area contributed by atoms with E-state index in [4.69, 9.17) is 0 Å². The molecular formula is C13H23N7O. The van der Waals surface area contributed by atoms with E-state index >= 15 is 0 Å². The number of rotatable bonds is 5. The van der Waals surface area contributed by atoms with Crippen molar-refractivity contribution in [3.63, 3.8) is 0 Å². The third kappa shape index (κ3) is 3.93. The molecule has 21 heavy (non-hydrogen) atoms. The van der Waals surface area contributed by atoms with Gasteiger partial charge in [0.25, 0.3) is 0 Å². The summed E-state index contributed by atoms with van der Waals surface area (Å²) < 4.78 is 0. The van der Waals surface area contributed by atoms with Gasteiger partial charge in [-0.2, -0.15) is 15.0 Å². The van der Waals surface area contributed by atoms with Gasteiger partial charge in [-0.1, -0.05) is 0 Å². The first kappa shape index (κ1) is 15.3. The highest BCUT2D eigenvalue weighted by molar-refractivity contribution is 5.83. The zero-order chi connectivity index (χ0) is 15.2. The van der Waals surface area contributed by atoms with Crippen molar-refractivity contribution in [3.05, 3.63) is 0 Å². The van der Waals surface area contributed by atoms with Crippen LogP contribution in [0.3, 0.4) is 0 Å². The highest BCUT2D eigenvalue weighted by Crippen LogP contribution is 2.18. The van der Waals surface area contributed by atoms with E-state index in [0.29, 0.717) is 17.8 Å². The largest absolute Gasteiger partial charge is 0.357 e. The quantitative estimate of drug-likeness (QED) is 0.725. The molecule has 1 amide bonds. The second-order valence-electron chi connectivity index (χ2n) is 5.06. The first-order valence-corrected chi connectivity index (χ1v) is 7.31. The Morgan fingerprint density at radius 3 is 2.38 bits per heavy atom. The molecule has 8 heteroatoms. The summed E-state index contributed by atoms with van der Waals surface area (Å²) in [7, 11) is 3.37. The van der Waals surface area contributed by atoms with Gasteiger partial charge in [-0.25, -0.2) is 0 Å². The lowest BCUT2D eigenvalue weighted by Gasteiger charge is -2.27. The maximum Gasteiger partial charge on any atom is 0.242 e. The van der Waals surface area contributed by atoms with Crippen molar-refractivity contribution in [2.24, 2.45) is 0 Å². The van der Waals surface area contributed by atoms with Crippen molar-refractivity contribution in [2.45, 2.75) is 32.2 Å². The number of nitrogens with one attached hydrogen (secondary N) is 3. The van der Waals surface area contributed by atoms with E-state index in [1.807, 2.05) is 0 Å². The molecule has 1 fully saturated rings. The van der Waals surface area contributed by atoms with Gasteiger partial charge in [-0.3, -0.25) is 4.79 Å². The number of carbonyl (C=O) groups is 1. The fourth-order valence-corrected chi connectivity index (χ4v) is 2.25. The smallest absolute Gasteiger partial charge is 0.242 e. The van der Waals surface area contributed by atoms with E-state index in [1.54, 1.807) is 21.0 Å². The van der Waals surface area contributed by atoms with E-state index in [1.165, 1.54) is 6.42 Å². The number of amides is 1. The Morgan fingerprint density at radius 1 is 1.10 bits per heavy atom. The second kappa shape index (κ2) is 7.05. The lowest BCUT2D eigenvalue weighted by molar-refractivity contribution is -0.121. The molecular weight excluding hydrogens is 270 g/mol. The number of piperidine rings is 1. The third-order valence-corrected chi connectivity index (χ3v) is 3.47. The second-order valence-corrected chi connectivity index (χ2v) is 5.06. The maximum atomic E-state index is 11.6. The summed E-state index contributed by atoms with van der Waals surface area (Å²) >= 11 is 0. The summed E-state index contributed by atoms with van der Waals surface area (Å²) in [6.45, 7) is 3.68. The predicted molar refractivity (Wildman–Crippen MR) is 82.6 cm³/mol. The van der Waals surface area contributed by atoms with Crippen LogP contribution in [0.4, 0.5) is 17.8 Å². The van der Waals surface area contributed by atoms with Crippen LogP contribution in [-0.4, -0.2) is 54.1 Å². The van der Waals surface area contributed by atoms with Crippen LogP contribution in [0.2, 0.25) is 0 Å². The van der Waals surface area contributed by atoms with Crippen molar-refractivity contribution in [3.8, 4) is 0 Å². The van der Waals surface area contributed by atoms with Gasteiger partial charge in [0.2, 0.25) is 23.8 Å². The van der Waals surface area contributed by atoms with E-state index in [0.717, 1.165) is 25.9 Å². The first-order chi connectivity index (χ1) is 10.1. The van der Waals surface area contributed by atoms with E-state index in [-0.39, 0.29) is 5.91 Å². The number of aromatic nitrogens is 3. The van der Waals surface area contributed by atoms with E-state index in [9.17, 15) is 4.79 Å². The molecule has 0 aliphatic carbocycles. The normalized spacial score (nSPS) is 16.2. The molecule has 2 rings (SSSR count). The predicted octanol–water partition coefficient (Wildman–Crippen LogP) is 0.450. The standard InChI is InChI=1S/C13H23N7O/c1-9(10(21)14-2)16-12-17-11(15-3)18-13(19-12)20-7-5-4-6-8-20/h9H,4-8H2,1-3H3,(H,14,21)(H2,15,16,17,18,19). The summed E-state index contributed by atoms with van der Waals surface area (Å²) in [6, 6.07) is -0.406. The molecule has 1 aliphatic rings. The Kier molecular flexibility index (Phi) is 5.13. The van der Waals surface area contributed by atoms with Crippen molar-refractivity contribution in [2.75, 3.05) is 42.7 Å². The van der Waals surface area contributed by atoms with Gasteiger partial charge < -0.3 is 20.9 Å². The van der Waals surface area contributed by atoms with Crippen molar-refractivity contribution >= 4 is 23.8 Å². The number of carbonyl (C=O) groups excluding carboxylic acids is 1. The fraction of sp³-hybridized carbons (Fsp3) is 0.692. The van der Waals surface area contributed by atoms with Crippen LogP contribution in [0.1, 0.15) is 26.2 Å². The van der Waals surface area contributed by atoms with Crippen LogP contribution in [0.25, 0.3) is 0 Å². The molecule has 3 N–H and O–H groups in total. The minimum absolute atomic E-state index is 0.110. The van der Waals surface area contributed by atoms with Gasteiger partial charge in [-0.15, -0.1) is 0 Å². The van der Waals surface area contributed by atoms with Crippen LogP contribution < -0.4 is 20.9 Å². The highest BCUT2D eigenvalue weighted by Gasteiger charge is 2.18. The van der Waals surface area contributed by atoms with Gasteiger partial charge in [-0.05, 0) is 26.2 Å². The number of hydrogen-bond donors (Lipinski definition) is 3. The van der Waals surface area contributed by atoms with Crippen LogP contribution in [-0.2, 0) is 4.79 Å². The molecule has 0 bridgehead atoms. The molecule has 1 saturated heterocycles. The molecule has 0 aromatic carbocycles. The molecule has 1 atom stereocenters. The molecule has 2 heterocycles. The molecule has 1 aromatic heterocycles. The summed E-state index contributed by atoms with van der Waals surface area (Å²) in [6.07, 6.45) is 3.55. The number of hydrogen-bond acceptors (Lipinski definition) is 7. The third-order valence-electron chi connectivity index (χ3n) is 3.47. The average molecular weight is 293 g/mol. The van der Waals surface area contributed by atoms with Gasteiger partial charge in [0.1, 0.15) is 6.04 Å². The zero-order valence-electron chi connectivity index (χ0n) is 12.8. The summed E-state index contributed by atoms with van der Waals surface area (Å²) in [4.78, 5) is 26.8. The summed E-state index contributed by atoms with van der Waals surface area (Å²) in [5, 5.41) is 8.53. The van der Waals surface area contributed by atoms with Crippen molar-refractivity contribution in [1.29, 1.82) is 0 Å². The molecule has 1 aromatic rings. The molecule has 8 nitrogen and oxygen atoms in total. The molecule has 0 saturated carbocycles. The Bertz CT molecular complexity index is 487. The van der Waals surface area contributed by atoms with E-state index in [2.05, 4.69) is 35.8 Å².